The lowest BCUT2D eigenvalue weighted by molar-refractivity contribution is 0.122. The van der Waals surface area contributed by atoms with E-state index in [-0.39, 0.29) is 5.82 Å². The molecule has 33 heavy (non-hydrogen) atoms. The van der Waals surface area contributed by atoms with E-state index in [1.54, 1.807) is 6.07 Å². The Morgan fingerprint density at radius 3 is 2.73 bits per heavy atom. The molecule has 0 amide bonds. The highest BCUT2D eigenvalue weighted by atomic mass is 19.1. The molecule has 1 saturated carbocycles. The van der Waals surface area contributed by atoms with Crippen molar-refractivity contribution in [2.45, 2.75) is 57.9 Å². The number of hydrogen-bond donors (Lipinski definition) is 1. The van der Waals surface area contributed by atoms with Gasteiger partial charge < -0.3 is 19.5 Å². The van der Waals surface area contributed by atoms with Crippen molar-refractivity contribution in [1.82, 2.24) is 14.5 Å². The summed E-state index contributed by atoms with van der Waals surface area (Å²) in [5, 5.41) is 4.34. The van der Waals surface area contributed by atoms with Crippen LogP contribution in [0.15, 0.2) is 30.6 Å². The molecule has 0 radical (unpaired) electrons. The fourth-order valence-electron chi connectivity index (χ4n) is 5.09. The summed E-state index contributed by atoms with van der Waals surface area (Å²) < 4.78 is 22.9. The van der Waals surface area contributed by atoms with Crippen molar-refractivity contribution in [2.75, 3.05) is 43.1 Å². The second-order valence-electron chi connectivity index (χ2n) is 9.22. The van der Waals surface area contributed by atoms with Crippen molar-refractivity contribution in [2.24, 2.45) is 0 Å². The van der Waals surface area contributed by atoms with E-state index in [0.717, 1.165) is 67.5 Å². The number of morpholine rings is 1. The number of nitrogens with zero attached hydrogens (tertiary/aromatic N) is 4. The molecule has 1 aliphatic carbocycles. The van der Waals surface area contributed by atoms with Crippen LogP contribution >= 0.6 is 0 Å². The number of ether oxygens (including phenoxy) is 1. The van der Waals surface area contributed by atoms with Crippen LogP contribution in [0.4, 0.5) is 16.0 Å². The summed E-state index contributed by atoms with van der Waals surface area (Å²) in [5.74, 6) is 0.484. The average molecular weight is 452 g/mol. The van der Waals surface area contributed by atoms with Crippen LogP contribution < -0.4 is 10.2 Å². The Hall–Kier alpha value is -2.67. The maximum Gasteiger partial charge on any atom is 0.224 e. The van der Waals surface area contributed by atoms with Gasteiger partial charge in [0.15, 0.2) is 0 Å². The second kappa shape index (κ2) is 10.1. The van der Waals surface area contributed by atoms with Crippen LogP contribution in [0.25, 0.3) is 22.2 Å². The number of anilines is 2. The van der Waals surface area contributed by atoms with Gasteiger partial charge in [0, 0.05) is 49.0 Å². The molecule has 1 N–H and O–H groups in total. The molecular formula is C26H34FN5O. The van der Waals surface area contributed by atoms with Gasteiger partial charge in [0.1, 0.15) is 11.5 Å². The predicted octanol–water partition coefficient (Wildman–Crippen LogP) is 5.79. The van der Waals surface area contributed by atoms with Crippen molar-refractivity contribution < 1.29 is 9.13 Å². The number of fused-ring (bicyclic) bond motifs is 1. The van der Waals surface area contributed by atoms with E-state index < -0.39 is 0 Å². The third kappa shape index (κ3) is 4.69. The number of benzene rings is 1. The van der Waals surface area contributed by atoms with Crippen LogP contribution in [0.1, 0.15) is 57.9 Å². The predicted molar refractivity (Wildman–Crippen MR) is 131 cm³/mol. The van der Waals surface area contributed by atoms with Crippen molar-refractivity contribution in [3.63, 3.8) is 0 Å². The first-order valence-electron chi connectivity index (χ1n) is 12.5. The molecule has 1 saturated heterocycles. The van der Waals surface area contributed by atoms with E-state index in [0.29, 0.717) is 30.9 Å². The zero-order valence-corrected chi connectivity index (χ0v) is 19.5. The van der Waals surface area contributed by atoms with Gasteiger partial charge in [-0.1, -0.05) is 38.7 Å². The molecule has 1 aromatic carbocycles. The summed E-state index contributed by atoms with van der Waals surface area (Å²) in [5.41, 5.74) is 3.47. The monoisotopic (exact) mass is 451 g/mol. The molecule has 0 bridgehead atoms. The van der Waals surface area contributed by atoms with E-state index in [4.69, 9.17) is 9.72 Å². The number of aromatic nitrogens is 3. The standard InChI is InChI=1S/C26H34FN5O/c1-2-3-11-28-26-29-17-21-22(18-32(25(21)30-26)20-7-5-4-6-8-20)19-9-10-24(23(27)16-19)31-12-14-33-15-13-31/h9-10,16-18,20H,2-8,11-15H2,1H3,(H,28,29,30). The Balaban J connectivity index is 1.52. The lowest BCUT2D eigenvalue weighted by atomic mass is 9.95. The molecule has 1 aliphatic heterocycles. The first-order chi connectivity index (χ1) is 16.2. The average Bonchev–Trinajstić information content (AvgIpc) is 3.24. The molecule has 0 spiro atoms. The van der Waals surface area contributed by atoms with E-state index in [2.05, 4.69) is 32.9 Å². The number of rotatable bonds is 7. The zero-order valence-electron chi connectivity index (χ0n) is 19.5. The van der Waals surface area contributed by atoms with Crippen molar-refractivity contribution in [1.29, 1.82) is 0 Å². The molecule has 5 rings (SSSR count). The van der Waals surface area contributed by atoms with E-state index in [1.165, 1.54) is 19.3 Å². The van der Waals surface area contributed by atoms with Gasteiger partial charge >= 0.3 is 0 Å². The van der Waals surface area contributed by atoms with Gasteiger partial charge in [0.2, 0.25) is 5.95 Å². The van der Waals surface area contributed by atoms with E-state index in [9.17, 15) is 0 Å². The smallest absolute Gasteiger partial charge is 0.224 e. The molecule has 3 heterocycles. The fraction of sp³-hybridized carbons (Fsp3) is 0.538. The minimum atomic E-state index is -0.188. The largest absolute Gasteiger partial charge is 0.378 e. The minimum Gasteiger partial charge on any atom is -0.378 e. The van der Waals surface area contributed by atoms with Crippen LogP contribution in [0.3, 0.4) is 0 Å². The number of hydrogen-bond acceptors (Lipinski definition) is 5. The van der Waals surface area contributed by atoms with Gasteiger partial charge in [-0.2, -0.15) is 4.98 Å². The van der Waals surface area contributed by atoms with Gasteiger partial charge in [0.25, 0.3) is 0 Å². The lowest BCUT2D eigenvalue weighted by Gasteiger charge is -2.29. The normalized spacial score (nSPS) is 17.6. The summed E-state index contributed by atoms with van der Waals surface area (Å²) in [6.45, 7) is 5.77. The van der Waals surface area contributed by atoms with E-state index in [1.807, 2.05) is 18.3 Å². The highest BCUT2D eigenvalue weighted by Gasteiger charge is 2.22. The SMILES string of the molecule is CCCCNc1ncc2c(-c3ccc(N4CCOCC4)c(F)c3)cn(C3CCCCC3)c2n1. The third-order valence-electron chi connectivity index (χ3n) is 6.96. The van der Waals surface area contributed by atoms with Gasteiger partial charge in [-0.15, -0.1) is 0 Å². The molecule has 2 aliphatic rings. The first kappa shape index (κ1) is 22.1. The molecule has 2 fully saturated rings. The number of halogens is 1. The molecule has 0 atom stereocenters. The van der Waals surface area contributed by atoms with Gasteiger partial charge in [-0.05, 0) is 37.0 Å². The maximum absolute atomic E-state index is 15.2. The molecule has 6 nitrogen and oxygen atoms in total. The van der Waals surface area contributed by atoms with Gasteiger partial charge in [-0.25, -0.2) is 9.37 Å². The highest BCUT2D eigenvalue weighted by Crippen LogP contribution is 2.37. The Labute approximate surface area is 195 Å². The molecular weight excluding hydrogens is 417 g/mol. The van der Waals surface area contributed by atoms with Crippen LogP contribution in [0.5, 0.6) is 0 Å². The number of nitrogens with one attached hydrogen (secondary N) is 1. The fourth-order valence-corrected chi connectivity index (χ4v) is 5.09. The molecule has 3 aromatic rings. The van der Waals surface area contributed by atoms with Crippen LogP contribution in [-0.2, 0) is 4.74 Å². The topological polar surface area (TPSA) is 55.2 Å². The number of unbranched alkanes of at least 4 members (excludes halogenated alkanes) is 1. The quantitative estimate of drug-likeness (QED) is 0.461. The molecule has 2 aromatic heterocycles. The Bertz CT molecular complexity index is 1090. The summed E-state index contributed by atoms with van der Waals surface area (Å²) in [6, 6.07) is 6.03. The molecule has 176 valence electrons. The van der Waals surface area contributed by atoms with Crippen LogP contribution in [-0.4, -0.2) is 47.4 Å². The zero-order chi connectivity index (χ0) is 22.6. The minimum absolute atomic E-state index is 0.188. The Morgan fingerprint density at radius 2 is 1.97 bits per heavy atom. The third-order valence-corrected chi connectivity index (χ3v) is 6.96. The van der Waals surface area contributed by atoms with Crippen molar-refractivity contribution in [3.05, 3.63) is 36.4 Å². The second-order valence-corrected chi connectivity index (χ2v) is 9.22. The molecule has 7 heteroatoms. The lowest BCUT2D eigenvalue weighted by Crippen LogP contribution is -2.36. The first-order valence-corrected chi connectivity index (χ1v) is 12.5. The van der Waals surface area contributed by atoms with Crippen LogP contribution in [0, 0.1) is 5.82 Å². The van der Waals surface area contributed by atoms with Gasteiger partial charge in [-0.3, -0.25) is 0 Å². The van der Waals surface area contributed by atoms with Crippen LogP contribution in [0.2, 0.25) is 0 Å². The van der Waals surface area contributed by atoms with Gasteiger partial charge in [0.05, 0.1) is 18.9 Å². The van der Waals surface area contributed by atoms with Crippen molar-refractivity contribution in [3.8, 4) is 11.1 Å². The summed E-state index contributed by atoms with van der Waals surface area (Å²) in [4.78, 5) is 11.6. The summed E-state index contributed by atoms with van der Waals surface area (Å²) in [6.07, 6.45) is 12.4. The highest BCUT2D eigenvalue weighted by molar-refractivity contribution is 5.94. The summed E-state index contributed by atoms with van der Waals surface area (Å²) >= 11 is 0. The Morgan fingerprint density at radius 1 is 1.15 bits per heavy atom. The van der Waals surface area contributed by atoms with E-state index >= 15 is 4.39 Å². The Kier molecular flexibility index (Phi) is 6.76. The van der Waals surface area contributed by atoms with Crippen molar-refractivity contribution >= 4 is 22.7 Å². The maximum atomic E-state index is 15.2. The molecule has 0 unspecified atom stereocenters. The summed E-state index contributed by atoms with van der Waals surface area (Å²) in [7, 11) is 0.